The molecule has 2 N–H and O–H groups in total. The minimum absolute atomic E-state index is 0.263. The number of anilines is 3. The van der Waals surface area contributed by atoms with Crippen LogP contribution in [0.3, 0.4) is 0 Å². The summed E-state index contributed by atoms with van der Waals surface area (Å²) in [6.45, 7) is 3.96. The summed E-state index contributed by atoms with van der Waals surface area (Å²) in [4.78, 5) is 20.7. The second-order valence-corrected chi connectivity index (χ2v) is 6.50. The van der Waals surface area contributed by atoms with E-state index < -0.39 is 0 Å². The van der Waals surface area contributed by atoms with Gasteiger partial charge in [-0.05, 0) is 43.2 Å². The van der Waals surface area contributed by atoms with Crippen LogP contribution in [0.25, 0.3) is 0 Å². The molecule has 0 atom stereocenters. The molecule has 0 saturated heterocycles. The Kier molecular flexibility index (Phi) is 5.09. The molecule has 0 unspecified atom stereocenters. The zero-order chi connectivity index (χ0) is 17.8. The van der Waals surface area contributed by atoms with Crippen molar-refractivity contribution in [3.05, 3.63) is 76.2 Å². The largest absolute Gasteiger partial charge is 0.339 e. The summed E-state index contributed by atoms with van der Waals surface area (Å²) in [6, 6.07) is 13.5. The minimum Gasteiger partial charge on any atom is -0.339 e. The van der Waals surface area contributed by atoms with Crippen LogP contribution < -0.4 is 10.6 Å². The Morgan fingerprint density at radius 1 is 1.00 bits per heavy atom. The molecule has 1 aromatic heterocycles. The van der Waals surface area contributed by atoms with Gasteiger partial charge in [-0.2, -0.15) is 0 Å². The molecule has 0 aliphatic heterocycles. The molecule has 0 aliphatic carbocycles. The molecule has 5 nitrogen and oxygen atoms in total. The number of aromatic nitrogens is 2. The van der Waals surface area contributed by atoms with Crippen LogP contribution in [0.15, 0.2) is 59.3 Å². The first kappa shape index (κ1) is 17.1. The first-order chi connectivity index (χ1) is 12.0. The van der Waals surface area contributed by atoms with E-state index in [9.17, 15) is 4.79 Å². The maximum absolute atomic E-state index is 12.3. The number of amides is 1. The highest BCUT2D eigenvalue weighted by Crippen LogP contribution is 2.22. The zero-order valence-electron chi connectivity index (χ0n) is 13.9. The second-order valence-electron chi connectivity index (χ2n) is 5.64. The molecule has 6 heteroatoms. The number of halogens is 1. The first-order valence-corrected chi connectivity index (χ1v) is 8.54. The van der Waals surface area contributed by atoms with Gasteiger partial charge in [-0.1, -0.05) is 40.2 Å². The lowest BCUT2D eigenvalue weighted by Gasteiger charge is -2.09. The summed E-state index contributed by atoms with van der Waals surface area (Å²) in [7, 11) is 0. The maximum atomic E-state index is 12.3. The smallest absolute Gasteiger partial charge is 0.275 e. The SMILES string of the molecule is Cc1ccc(Nc2cnc(C(=O)Nc3ccccc3C)cn2)cc1Br. The molecule has 0 aliphatic rings. The molecule has 25 heavy (non-hydrogen) atoms. The number of carbonyl (C=O) groups is 1. The molecule has 0 radical (unpaired) electrons. The lowest BCUT2D eigenvalue weighted by atomic mass is 10.2. The highest BCUT2D eigenvalue weighted by Gasteiger charge is 2.10. The average Bonchev–Trinajstić information content (AvgIpc) is 2.61. The fourth-order valence-electron chi connectivity index (χ4n) is 2.23. The Morgan fingerprint density at radius 2 is 1.80 bits per heavy atom. The van der Waals surface area contributed by atoms with Gasteiger partial charge < -0.3 is 10.6 Å². The van der Waals surface area contributed by atoms with Gasteiger partial charge in [0.15, 0.2) is 0 Å². The van der Waals surface area contributed by atoms with Crippen LogP contribution >= 0.6 is 15.9 Å². The summed E-state index contributed by atoms with van der Waals surface area (Å²) < 4.78 is 1.01. The van der Waals surface area contributed by atoms with Gasteiger partial charge in [0, 0.05) is 15.8 Å². The number of rotatable bonds is 4. The van der Waals surface area contributed by atoms with E-state index >= 15 is 0 Å². The Balaban J connectivity index is 1.70. The highest BCUT2D eigenvalue weighted by molar-refractivity contribution is 9.10. The summed E-state index contributed by atoms with van der Waals surface area (Å²) >= 11 is 3.50. The van der Waals surface area contributed by atoms with Crippen molar-refractivity contribution < 1.29 is 4.79 Å². The predicted molar refractivity (Wildman–Crippen MR) is 103 cm³/mol. The van der Waals surface area contributed by atoms with Gasteiger partial charge in [-0.15, -0.1) is 0 Å². The quantitative estimate of drug-likeness (QED) is 0.661. The highest BCUT2D eigenvalue weighted by atomic mass is 79.9. The number of aryl methyl sites for hydroxylation is 2. The van der Waals surface area contributed by atoms with Crippen molar-refractivity contribution in [1.82, 2.24) is 9.97 Å². The predicted octanol–water partition coefficient (Wildman–Crippen LogP) is 4.85. The summed E-state index contributed by atoms with van der Waals surface area (Å²) in [5.41, 5.74) is 4.07. The van der Waals surface area contributed by atoms with Crippen LogP contribution in [-0.4, -0.2) is 15.9 Å². The van der Waals surface area contributed by atoms with Crippen LogP contribution in [-0.2, 0) is 0 Å². The van der Waals surface area contributed by atoms with Crippen LogP contribution in [0, 0.1) is 13.8 Å². The van der Waals surface area contributed by atoms with Gasteiger partial charge in [-0.3, -0.25) is 4.79 Å². The maximum Gasteiger partial charge on any atom is 0.275 e. The monoisotopic (exact) mass is 396 g/mol. The van der Waals surface area contributed by atoms with Crippen molar-refractivity contribution in [2.75, 3.05) is 10.6 Å². The molecule has 0 bridgehead atoms. The van der Waals surface area contributed by atoms with E-state index in [-0.39, 0.29) is 11.6 Å². The molecule has 3 aromatic rings. The van der Waals surface area contributed by atoms with Crippen molar-refractivity contribution in [2.24, 2.45) is 0 Å². The third-order valence-corrected chi connectivity index (χ3v) is 4.58. The second kappa shape index (κ2) is 7.44. The molecule has 1 heterocycles. The lowest BCUT2D eigenvalue weighted by Crippen LogP contribution is -2.15. The van der Waals surface area contributed by atoms with Crippen LogP contribution in [0.4, 0.5) is 17.2 Å². The Hall–Kier alpha value is -2.73. The minimum atomic E-state index is -0.286. The first-order valence-electron chi connectivity index (χ1n) is 7.75. The summed E-state index contributed by atoms with van der Waals surface area (Å²) in [5.74, 6) is 0.287. The average molecular weight is 397 g/mol. The van der Waals surface area contributed by atoms with Crippen molar-refractivity contribution in [1.29, 1.82) is 0 Å². The van der Waals surface area contributed by atoms with Gasteiger partial charge in [0.1, 0.15) is 11.5 Å². The Labute approximate surface area is 154 Å². The molecular weight excluding hydrogens is 380 g/mol. The number of benzene rings is 2. The molecular formula is C19H17BrN4O. The number of nitrogens with one attached hydrogen (secondary N) is 2. The number of carbonyl (C=O) groups excluding carboxylic acids is 1. The van der Waals surface area contributed by atoms with Crippen LogP contribution in [0.1, 0.15) is 21.6 Å². The Morgan fingerprint density at radius 3 is 2.48 bits per heavy atom. The standard InChI is InChI=1S/C19H17BrN4O/c1-12-7-8-14(9-15(12)20)23-18-11-21-17(10-22-18)19(25)24-16-6-4-3-5-13(16)2/h3-11H,1-2H3,(H,22,23)(H,24,25). The molecule has 0 fully saturated rings. The number of para-hydroxylation sites is 1. The van der Waals surface area contributed by atoms with Gasteiger partial charge in [0.05, 0.1) is 12.4 Å². The summed E-state index contributed by atoms with van der Waals surface area (Å²) in [5, 5.41) is 6.00. The number of nitrogens with zero attached hydrogens (tertiary/aromatic N) is 2. The fourth-order valence-corrected chi connectivity index (χ4v) is 2.61. The molecule has 2 aromatic carbocycles. The van der Waals surface area contributed by atoms with Gasteiger partial charge in [-0.25, -0.2) is 9.97 Å². The van der Waals surface area contributed by atoms with E-state index in [4.69, 9.17) is 0 Å². The molecule has 0 spiro atoms. The third-order valence-electron chi connectivity index (χ3n) is 3.72. The van der Waals surface area contributed by atoms with E-state index in [1.54, 1.807) is 6.20 Å². The van der Waals surface area contributed by atoms with E-state index in [1.165, 1.54) is 6.20 Å². The van der Waals surface area contributed by atoms with Gasteiger partial charge in [0.2, 0.25) is 0 Å². The molecule has 1 amide bonds. The number of hydrogen-bond acceptors (Lipinski definition) is 4. The van der Waals surface area contributed by atoms with E-state index in [0.29, 0.717) is 5.82 Å². The molecule has 3 rings (SSSR count). The van der Waals surface area contributed by atoms with Crippen molar-refractivity contribution in [2.45, 2.75) is 13.8 Å². The van der Waals surface area contributed by atoms with E-state index in [2.05, 4.69) is 36.5 Å². The van der Waals surface area contributed by atoms with E-state index in [1.807, 2.05) is 56.3 Å². The third kappa shape index (κ3) is 4.22. The number of hydrogen-bond donors (Lipinski definition) is 2. The van der Waals surface area contributed by atoms with Crippen molar-refractivity contribution in [3.63, 3.8) is 0 Å². The molecule has 126 valence electrons. The summed E-state index contributed by atoms with van der Waals surface area (Å²) in [6.07, 6.45) is 3.00. The molecule has 0 saturated carbocycles. The van der Waals surface area contributed by atoms with Gasteiger partial charge in [0.25, 0.3) is 5.91 Å². The van der Waals surface area contributed by atoms with Crippen molar-refractivity contribution >= 4 is 39.0 Å². The van der Waals surface area contributed by atoms with E-state index in [0.717, 1.165) is 27.0 Å². The normalized spacial score (nSPS) is 10.4. The zero-order valence-corrected chi connectivity index (χ0v) is 15.5. The lowest BCUT2D eigenvalue weighted by molar-refractivity contribution is 0.102. The van der Waals surface area contributed by atoms with Gasteiger partial charge >= 0.3 is 0 Å². The fraction of sp³-hybridized carbons (Fsp3) is 0.105. The van der Waals surface area contributed by atoms with Crippen LogP contribution in [0.5, 0.6) is 0 Å². The Bertz CT molecular complexity index is 910. The van der Waals surface area contributed by atoms with Crippen LogP contribution in [0.2, 0.25) is 0 Å². The topological polar surface area (TPSA) is 66.9 Å². The van der Waals surface area contributed by atoms with Crippen molar-refractivity contribution in [3.8, 4) is 0 Å².